The maximum Gasteiger partial charge on any atom is 0.239 e. The third-order valence-corrected chi connectivity index (χ3v) is 10.5. The lowest BCUT2D eigenvalue weighted by molar-refractivity contribution is -0.130. The van der Waals surface area contributed by atoms with Crippen molar-refractivity contribution in [2.24, 2.45) is 11.8 Å². The molecule has 4 nitrogen and oxygen atoms in total. The number of fused-ring (bicyclic) bond motifs is 5. The van der Waals surface area contributed by atoms with Gasteiger partial charge >= 0.3 is 0 Å². The number of ketones is 1. The molecular formula is C39H25Cl2NO3. The largest absolute Gasteiger partial charge is 0.297 e. The van der Waals surface area contributed by atoms with E-state index in [0.717, 1.165) is 22.3 Å². The van der Waals surface area contributed by atoms with Gasteiger partial charge in [0.25, 0.3) is 0 Å². The molecule has 218 valence electrons. The van der Waals surface area contributed by atoms with E-state index < -0.39 is 34.5 Å². The van der Waals surface area contributed by atoms with Gasteiger partial charge in [-0.05, 0) is 51.6 Å². The first-order chi connectivity index (χ1) is 21.9. The predicted octanol–water partition coefficient (Wildman–Crippen LogP) is 8.18. The van der Waals surface area contributed by atoms with Crippen LogP contribution in [0, 0.1) is 11.8 Å². The van der Waals surface area contributed by atoms with E-state index in [1.807, 2.05) is 121 Å². The average Bonchev–Trinajstić information content (AvgIpc) is 3.59. The molecule has 1 heterocycles. The van der Waals surface area contributed by atoms with E-state index >= 15 is 4.79 Å². The standard InChI is InChI=1S/C39H25Cl2NO3/c40-29-22-21-28(23-30(29)41)42-35(43)33-34(36(42)44)39(27-19-11-4-12-20-27)32(25-15-7-2-8-16-25)31(24-13-5-1-6-14-24)38(33,37(39)45)26-17-9-3-10-18-26/h1-23,33-34H/t33-,34+,38-,39-/m0/s1. The minimum absolute atomic E-state index is 0.157. The monoisotopic (exact) mass is 625 g/mol. The van der Waals surface area contributed by atoms with Crippen molar-refractivity contribution in [1.29, 1.82) is 0 Å². The maximum atomic E-state index is 15.8. The summed E-state index contributed by atoms with van der Waals surface area (Å²) < 4.78 is 0. The SMILES string of the molecule is O=C1[C@@H]2[C@H](C(=O)N1c1ccc(Cl)c(Cl)c1)[C@@]1(c3ccccc3)C(=O)[C@@]2(c2ccccc2)C(c2ccccc2)=C1c1ccccc1. The van der Waals surface area contributed by atoms with Crippen LogP contribution in [0.25, 0.3) is 11.1 Å². The van der Waals surface area contributed by atoms with Crippen molar-refractivity contribution in [2.75, 3.05) is 4.90 Å². The zero-order chi connectivity index (χ0) is 30.9. The molecule has 1 saturated carbocycles. The van der Waals surface area contributed by atoms with Crippen LogP contribution in [0.4, 0.5) is 5.69 Å². The van der Waals surface area contributed by atoms with Crippen LogP contribution in [0.1, 0.15) is 22.3 Å². The van der Waals surface area contributed by atoms with Crippen molar-refractivity contribution in [3.8, 4) is 0 Å². The number of carbonyl (C=O) groups excluding carboxylic acids is 3. The number of hydrogen-bond donors (Lipinski definition) is 0. The Hall–Kier alpha value is -4.77. The molecule has 5 aromatic carbocycles. The minimum Gasteiger partial charge on any atom is -0.297 e. The Labute approximate surface area is 270 Å². The molecule has 3 aliphatic rings. The fourth-order valence-corrected chi connectivity index (χ4v) is 8.50. The Morgan fingerprint density at radius 1 is 0.489 bits per heavy atom. The van der Waals surface area contributed by atoms with Crippen molar-refractivity contribution in [3.63, 3.8) is 0 Å². The molecule has 2 amide bonds. The maximum absolute atomic E-state index is 15.8. The van der Waals surface area contributed by atoms with Gasteiger partial charge in [-0.25, -0.2) is 4.90 Å². The highest BCUT2D eigenvalue weighted by Gasteiger charge is 2.82. The number of hydrogen-bond acceptors (Lipinski definition) is 3. The van der Waals surface area contributed by atoms with Gasteiger partial charge in [0.1, 0.15) is 0 Å². The van der Waals surface area contributed by atoms with Crippen LogP contribution in [-0.4, -0.2) is 17.6 Å². The number of Topliss-reactive ketones (excluding diaryl/α,β-unsaturated/α-hetero) is 1. The van der Waals surface area contributed by atoms with Crippen LogP contribution < -0.4 is 4.90 Å². The highest BCUT2D eigenvalue weighted by Crippen LogP contribution is 2.74. The number of nitrogens with zero attached hydrogens (tertiary/aromatic N) is 1. The van der Waals surface area contributed by atoms with Gasteiger partial charge in [0.15, 0.2) is 5.78 Å². The number of carbonyl (C=O) groups is 3. The lowest BCUT2D eigenvalue weighted by Crippen LogP contribution is -2.45. The van der Waals surface area contributed by atoms with Crippen molar-refractivity contribution in [1.82, 2.24) is 0 Å². The molecule has 6 heteroatoms. The molecule has 1 saturated heterocycles. The summed E-state index contributed by atoms with van der Waals surface area (Å²) >= 11 is 12.6. The van der Waals surface area contributed by atoms with Crippen LogP contribution >= 0.6 is 23.2 Å². The van der Waals surface area contributed by atoms with Crippen molar-refractivity contribution >= 4 is 57.6 Å². The summed E-state index contributed by atoms with van der Waals surface area (Å²) in [7, 11) is 0. The number of imide groups is 1. The molecule has 2 fully saturated rings. The Bertz CT molecular complexity index is 1930. The number of rotatable bonds is 5. The average molecular weight is 627 g/mol. The molecule has 0 radical (unpaired) electrons. The lowest BCUT2D eigenvalue weighted by atomic mass is 9.59. The highest BCUT2D eigenvalue weighted by molar-refractivity contribution is 6.43. The van der Waals surface area contributed by atoms with E-state index in [-0.39, 0.29) is 10.8 Å². The van der Waals surface area contributed by atoms with Gasteiger partial charge in [-0.15, -0.1) is 0 Å². The zero-order valence-electron chi connectivity index (χ0n) is 23.9. The summed E-state index contributed by atoms with van der Waals surface area (Å²) in [5.41, 5.74) is 1.97. The molecule has 45 heavy (non-hydrogen) atoms. The molecule has 5 aromatic rings. The van der Waals surface area contributed by atoms with E-state index in [9.17, 15) is 9.59 Å². The predicted molar refractivity (Wildman–Crippen MR) is 177 cm³/mol. The van der Waals surface area contributed by atoms with Gasteiger partial charge in [-0.2, -0.15) is 0 Å². The first-order valence-corrected chi connectivity index (χ1v) is 15.5. The summed E-state index contributed by atoms with van der Waals surface area (Å²) in [6.07, 6.45) is 0. The fraction of sp³-hybridized carbons (Fsp3) is 0.103. The van der Waals surface area contributed by atoms with Gasteiger partial charge in [-0.1, -0.05) is 145 Å². The minimum atomic E-state index is -1.45. The third kappa shape index (κ3) is 3.52. The molecule has 0 unspecified atom stereocenters. The van der Waals surface area contributed by atoms with Gasteiger partial charge in [0.2, 0.25) is 11.8 Å². The Kier molecular flexibility index (Phi) is 6.25. The van der Waals surface area contributed by atoms with E-state index in [1.165, 1.54) is 4.90 Å². The second-order valence-corrected chi connectivity index (χ2v) is 12.5. The third-order valence-electron chi connectivity index (χ3n) is 9.74. The molecule has 0 spiro atoms. The number of anilines is 1. The molecule has 2 aliphatic carbocycles. The van der Waals surface area contributed by atoms with E-state index in [2.05, 4.69) is 0 Å². The molecule has 4 atom stereocenters. The van der Waals surface area contributed by atoms with Crippen LogP contribution in [0.15, 0.2) is 140 Å². The molecular weight excluding hydrogens is 601 g/mol. The Balaban J connectivity index is 1.55. The van der Waals surface area contributed by atoms with Crippen LogP contribution in [0.2, 0.25) is 10.0 Å². The van der Waals surface area contributed by atoms with E-state index in [1.54, 1.807) is 18.2 Å². The first-order valence-electron chi connectivity index (χ1n) is 14.8. The normalized spacial score (nSPS) is 25.3. The lowest BCUT2D eigenvalue weighted by Gasteiger charge is -2.39. The number of benzene rings is 5. The number of amides is 2. The smallest absolute Gasteiger partial charge is 0.239 e. The summed E-state index contributed by atoms with van der Waals surface area (Å²) in [4.78, 5) is 47.0. The molecule has 0 aromatic heterocycles. The van der Waals surface area contributed by atoms with Crippen molar-refractivity contribution in [2.45, 2.75) is 10.8 Å². The zero-order valence-corrected chi connectivity index (χ0v) is 25.4. The summed E-state index contributed by atoms with van der Waals surface area (Å²) in [5.74, 6) is -3.03. The first kappa shape index (κ1) is 27.8. The second-order valence-electron chi connectivity index (χ2n) is 11.7. The summed E-state index contributed by atoms with van der Waals surface area (Å²) in [6, 6.07) is 43.3. The van der Waals surface area contributed by atoms with Crippen molar-refractivity contribution in [3.05, 3.63) is 172 Å². The number of allylic oxidation sites excluding steroid dienone is 2. The fourth-order valence-electron chi connectivity index (χ4n) is 8.21. The molecule has 2 bridgehead atoms. The van der Waals surface area contributed by atoms with E-state index in [0.29, 0.717) is 21.8 Å². The van der Waals surface area contributed by atoms with Gasteiger partial charge in [-0.3, -0.25) is 14.4 Å². The van der Waals surface area contributed by atoms with E-state index in [4.69, 9.17) is 23.2 Å². The van der Waals surface area contributed by atoms with Gasteiger partial charge in [0.05, 0.1) is 38.4 Å². The Morgan fingerprint density at radius 3 is 1.29 bits per heavy atom. The Morgan fingerprint density at radius 2 is 0.889 bits per heavy atom. The van der Waals surface area contributed by atoms with Gasteiger partial charge in [0, 0.05) is 0 Å². The molecule has 1 aliphatic heterocycles. The van der Waals surface area contributed by atoms with Gasteiger partial charge < -0.3 is 0 Å². The van der Waals surface area contributed by atoms with Crippen LogP contribution in [0.3, 0.4) is 0 Å². The summed E-state index contributed by atoms with van der Waals surface area (Å²) in [6.45, 7) is 0. The quantitative estimate of drug-likeness (QED) is 0.185. The summed E-state index contributed by atoms with van der Waals surface area (Å²) in [5, 5.41) is 0.547. The number of halogens is 2. The van der Waals surface area contributed by atoms with Crippen LogP contribution in [-0.2, 0) is 25.2 Å². The molecule has 0 N–H and O–H groups in total. The topological polar surface area (TPSA) is 54.5 Å². The van der Waals surface area contributed by atoms with Crippen LogP contribution in [0.5, 0.6) is 0 Å². The highest BCUT2D eigenvalue weighted by atomic mass is 35.5. The van der Waals surface area contributed by atoms with Crippen molar-refractivity contribution < 1.29 is 14.4 Å². The second kappa shape index (κ2) is 10.1. The molecule has 8 rings (SSSR count).